The van der Waals surface area contributed by atoms with Crippen molar-refractivity contribution in [1.82, 2.24) is 0 Å². The number of hydrogen-bond donors (Lipinski definition) is 2. The first-order chi connectivity index (χ1) is 13.7. The molecule has 1 aliphatic rings. The van der Waals surface area contributed by atoms with Crippen LogP contribution in [0, 0.1) is 0 Å². The number of aliphatic hydroxyl groups excluding tert-OH is 1. The van der Waals surface area contributed by atoms with Crippen LogP contribution in [-0.2, 0) is 19.5 Å². The highest BCUT2D eigenvalue weighted by Crippen LogP contribution is 2.38. The second kappa shape index (κ2) is 8.58. The summed E-state index contributed by atoms with van der Waals surface area (Å²) in [6, 6.07) is 6.84. The lowest BCUT2D eigenvalue weighted by Gasteiger charge is -2.26. The number of allylic oxidation sites excluding steroid dienone is 1. The van der Waals surface area contributed by atoms with Gasteiger partial charge in [0.2, 0.25) is 10.0 Å². The second-order valence-corrected chi connectivity index (χ2v) is 9.34. The van der Waals surface area contributed by atoms with Crippen LogP contribution in [0.25, 0.3) is 16.0 Å². The number of hydrogen-bond acceptors (Lipinski definition) is 7. The largest absolute Gasteiger partial charge is 0.483 e. The van der Waals surface area contributed by atoms with E-state index in [4.69, 9.17) is 21.1 Å². The van der Waals surface area contributed by atoms with E-state index < -0.39 is 16.1 Å². The monoisotopic (exact) mass is 454 g/mol. The van der Waals surface area contributed by atoms with Crippen molar-refractivity contribution < 1.29 is 23.0 Å². The van der Waals surface area contributed by atoms with Crippen molar-refractivity contribution in [3.63, 3.8) is 0 Å². The molecule has 0 fully saturated rings. The maximum absolute atomic E-state index is 11.4. The average molecular weight is 455 g/mol. The first kappa shape index (κ1) is 21.4. The first-order valence-electron chi connectivity index (χ1n) is 8.39. The van der Waals surface area contributed by atoms with Crippen LogP contribution in [0.1, 0.15) is 5.56 Å². The molecule has 0 amide bonds. The van der Waals surface area contributed by atoms with E-state index in [-0.39, 0.29) is 19.1 Å². The van der Waals surface area contributed by atoms with Gasteiger partial charge in [0.25, 0.3) is 5.88 Å². The molecule has 1 atom stereocenters. The summed E-state index contributed by atoms with van der Waals surface area (Å²) in [5, 5.41) is 11.5. The van der Waals surface area contributed by atoms with Crippen molar-refractivity contribution >= 4 is 50.9 Å². The Kier molecular flexibility index (Phi) is 6.33. The SMILES string of the molecule is C=NC1=C(C(=C)c2csc(-c3ccc(NS(C)(=O)=O)cc3Cl)c2)OCC(CO)O1. The summed E-state index contributed by atoms with van der Waals surface area (Å²) in [6.45, 7) is 7.54. The predicted octanol–water partition coefficient (Wildman–Crippen LogP) is 3.73. The van der Waals surface area contributed by atoms with Crippen LogP contribution in [0.3, 0.4) is 0 Å². The van der Waals surface area contributed by atoms with Gasteiger partial charge in [-0.15, -0.1) is 11.3 Å². The fourth-order valence-electron chi connectivity index (χ4n) is 2.66. The molecule has 0 saturated heterocycles. The number of benzene rings is 1. The number of sulfonamides is 1. The molecule has 0 saturated carbocycles. The Morgan fingerprint density at radius 3 is 2.83 bits per heavy atom. The minimum Gasteiger partial charge on any atom is -0.483 e. The number of thiophene rings is 1. The molecule has 10 heteroatoms. The summed E-state index contributed by atoms with van der Waals surface area (Å²) in [5.74, 6) is 0.551. The molecule has 7 nitrogen and oxygen atoms in total. The number of nitrogens with zero attached hydrogens (tertiary/aromatic N) is 1. The van der Waals surface area contributed by atoms with E-state index in [1.807, 2.05) is 11.4 Å². The normalized spacial score (nSPS) is 16.7. The molecule has 0 bridgehead atoms. The Morgan fingerprint density at radius 2 is 2.21 bits per heavy atom. The molecule has 2 aromatic rings. The minimum absolute atomic E-state index is 0.182. The summed E-state index contributed by atoms with van der Waals surface area (Å²) in [5.41, 5.74) is 2.51. The maximum Gasteiger partial charge on any atom is 0.257 e. The predicted molar refractivity (Wildman–Crippen MR) is 117 cm³/mol. The topological polar surface area (TPSA) is 97.2 Å². The van der Waals surface area contributed by atoms with Crippen molar-refractivity contribution in [3.05, 3.63) is 58.5 Å². The van der Waals surface area contributed by atoms with Gasteiger partial charge in [-0.3, -0.25) is 4.72 Å². The Balaban J connectivity index is 1.86. The number of nitrogens with one attached hydrogen (secondary N) is 1. The number of halogens is 1. The second-order valence-electron chi connectivity index (χ2n) is 6.27. The van der Waals surface area contributed by atoms with Gasteiger partial charge < -0.3 is 14.6 Å². The summed E-state index contributed by atoms with van der Waals surface area (Å²) >= 11 is 7.81. The number of aliphatic imine (C=N–C) groups is 1. The molecule has 3 rings (SSSR count). The van der Waals surface area contributed by atoms with Crippen molar-refractivity contribution in [2.45, 2.75) is 6.10 Å². The molecule has 1 aromatic carbocycles. The van der Waals surface area contributed by atoms with Crippen LogP contribution in [-0.4, -0.2) is 45.8 Å². The first-order valence-corrected chi connectivity index (χ1v) is 11.5. The quantitative estimate of drug-likeness (QED) is 0.621. The van der Waals surface area contributed by atoms with Crippen LogP contribution in [0.4, 0.5) is 5.69 Å². The van der Waals surface area contributed by atoms with Crippen LogP contribution in [0.15, 0.2) is 52.9 Å². The zero-order valence-electron chi connectivity index (χ0n) is 15.5. The molecule has 1 aliphatic heterocycles. The van der Waals surface area contributed by atoms with E-state index in [9.17, 15) is 13.5 Å². The summed E-state index contributed by atoms with van der Waals surface area (Å²) in [4.78, 5) is 4.70. The molecular formula is C19H19ClN2O5S2. The molecule has 0 spiro atoms. The zero-order chi connectivity index (χ0) is 21.2. The van der Waals surface area contributed by atoms with E-state index in [2.05, 4.69) is 23.0 Å². The fourth-order valence-corrected chi connectivity index (χ4v) is 4.52. The van der Waals surface area contributed by atoms with Crippen LogP contribution >= 0.6 is 22.9 Å². The van der Waals surface area contributed by atoms with E-state index in [1.165, 1.54) is 11.3 Å². The Bertz CT molecular complexity index is 1090. The highest BCUT2D eigenvalue weighted by molar-refractivity contribution is 7.92. The molecule has 0 radical (unpaired) electrons. The molecule has 2 heterocycles. The fraction of sp³-hybridized carbons (Fsp3) is 0.211. The highest BCUT2D eigenvalue weighted by Gasteiger charge is 2.25. The Morgan fingerprint density at radius 1 is 1.45 bits per heavy atom. The molecule has 2 N–H and O–H groups in total. The third-order valence-corrected chi connectivity index (χ3v) is 5.88. The lowest BCUT2D eigenvalue weighted by molar-refractivity contribution is -0.0262. The third-order valence-electron chi connectivity index (χ3n) is 3.99. The van der Waals surface area contributed by atoms with Crippen LogP contribution < -0.4 is 4.72 Å². The minimum atomic E-state index is -3.38. The molecule has 0 aliphatic carbocycles. The van der Waals surface area contributed by atoms with Gasteiger partial charge in [-0.05, 0) is 41.9 Å². The summed E-state index contributed by atoms with van der Waals surface area (Å²) in [6.07, 6.45) is 0.579. The van der Waals surface area contributed by atoms with Gasteiger partial charge >= 0.3 is 0 Å². The molecule has 1 aromatic heterocycles. The molecule has 1 unspecified atom stereocenters. The summed E-state index contributed by atoms with van der Waals surface area (Å²) in [7, 11) is -3.38. The van der Waals surface area contributed by atoms with Crippen molar-refractivity contribution in [3.8, 4) is 10.4 Å². The number of ether oxygens (including phenoxy) is 2. The lowest BCUT2D eigenvalue weighted by Crippen LogP contribution is -2.28. The smallest absolute Gasteiger partial charge is 0.257 e. The zero-order valence-corrected chi connectivity index (χ0v) is 17.9. The van der Waals surface area contributed by atoms with Gasteiger partial charge in [0, 0.05) is 21.7 Å². The van der Waals surface area contributed by atoms with Crippen molar-refractivity contribution in [2.24, 2.45) is 4.99 Å². The van der Waals surface area contributed by atoms with Crippen LogP contribution in [0.2, 0.25) is 5.02 Å². The van der Waals surface area contributed by atoms with Crippen LogP contribution in [0.5, 0.6) is 0 Å². The molecule has 29 heavy (non-hydrogen) atoms. The van der Waals surface area contributed by atoms with Gasteiger partial charge in [-0.1, -0.05) is 18.2 Å². The summed E-state index contributed by atoms with van der Waals surface area (Å²) < 4.78 is 36.4. The third kappa shape index (κ3) is 4.99. The van der Waals surface area contributed by atoms with Gasteiger partial charge in [-0.2, -0.15) is 0 Å². The van der Waals surface area contributed by atoms with Gasteiger partial charge in [0.1, 0.15) is 6.61 Å². The van der Waals surface area contributed by atoms with Crippen molar-refractivity contribution in [2.75, 3.05) is 24.2 Å². The standard InChI is InChI=1S/C19H19ClN2O5S2/c1-11(18-19(21-2)27-14(8-23)9-26-18)12-6-17(28-10-12)15-5-4-13(7-16(15)20)22-29(3,24)25/h4-7,10,14,22-23H,1-2,8-9H2,3H3. The van der Waals surface area contributed by atoms with E-state index in [1.54, 1.807) is 18.2 Å². The lowest BCUT2D eigenvalue weighted by atomic mass is 10.1. The van der Waals surface area contributed by atoms with Gasteiger partial charge in [0.05, 0.1) is 17.9 Å². The maximum atomic E-state index is 11.4. The Hall–Kier alpha value is -2.33. The number of rotatable bonds is 7. The van der Waals surface area contributed by atoms with E-state index >= 15 is 0 Å². The van der Waals surface area contributed by atoms with E-state index in [0.717, 1.165) is 22.3 Å². The number of anilines is 1. The van der Waals surface area contributed by atoms with Gasteiger partial charge in [-0.25, -0.2) is 13.4 Å². The van der Waals surface area contributed by atoms with Gasteiger partial charge in [0.15, 0.2) is 11.9 Å². The Labute approximate surface area is 178 Å². The van der Waals surface area contributed by atoms with Crippen molar-refractivity contribution in [1.29, 1.82) is 0 Å². The average Bonchev–Trinajstić information content (AvgIpc) is 3.15. The van der Waals surface area contributed by atoms with E-state index in [0.29, 0.717) is 22.0 Å². The highest BCUT2D eigenvalue weighted by atomic mass is 35.5. The molecule has 154 valence electrons. The number of aliphatic hydroxyl groups is 1. The molecular weight excluding hydrogens is 436 g/mol.